The van der Waals surface area contributed by atoms with Crippen LogP contribution in [0.5, 0.6) is 0 Å². The maximum Gasteiger partial charge on any atom is 0.178 e. The third-order valence-electron chi connectivity index (χ3n) is 3.59. The molecule has 0 bridgehead atoms. The van der Waals surface area contributed by atoms with Crippen LogP contribution in [0.15, 0.2) is 35.7 Å². The van der Waals surface area contributed by atoms with Crippen molar-refractivity contribution in [1.82, 2.24) is 9.55 Å². The summed E-state index contributed by atoms with van der Waals surface area (Å²) in [6.45, 7) is 4.39. The van der Waals surface area contributed by atoms with E-state index in [4.69, 9.17) is 17.5 Å². The predicted molar refractivity (Wildman–Crippen MR) is 89.1 cm³/mol. The van der Waals surface area contributed by atoms with Crippen molar-refractivity contribution in [2.45, 2.75) is 19.9 Å². The summed E-state index contributed by atoms with van der Waals surface area (Å²) in [5, 5.41) is 11.2. The van der Waals surface area contributed by atoms with Crippen molar-refractivity contribution >= 4 is 34.6 Å². The zero-order valence-electron chi connectivity index (χ0n) is 11.8. The van der Waals surface area contributed by atoms with Gasteiger partial charge in [-0.05, 0) is 47.8 Å². The number of fused-ring (bicyclic) bond motifs is 1. The van der Waals surface area contributed by atoms with Gasteiger partial charge in [0.1, 0.15) is 0 Å². The first kappa shape index (κ1) is 14.1. The average Bonchev–Trinajstić information content (AvgIpc) is 3.07. The zero-order valence-corrected chi connectivity index (χ0v) is 13.5. The van der Waals surface area contributed by atoms with Crippen LogP contribution in [-0.2, 0) is 0 Å². The molecule has 0 saturated carbocycles. The number of aromatic amines is 1. The van der Waals surface area contributed by atoms with Crippen LogP contribution in [0.3, 0.4) is 0 Å². The Morgan fingerprint density at radius 1 is 1.33 bits per heavy atom. The maximum absolute atomic E-state index is 9.13. The van der Waals surface area contributed by atoms with Crippen LogP contribution >= 0.6 is 23.6 Å². The highest BCUT2D eigenvalue weighted by Gasteiger charge is 2.22. The number of thiophene rings is 1. The van der Waals surface area contributed by atoms with Gasteiger partial charge < -0.3 is 9.55 Å². The minimum atomic E-state index is 0.181. The topological polar surface area (TPSA) is 44.5 Å². The first-order valence-electron chi connectivity index (χ1n) is 6.79. The summed E-state index contributed by atoms with van der Waals surface area (Å²) in [6, 6.07) is 12.2. The molecule has 1 N–H and O–H groups in total. The molecule has 106 valence electrons. The van der Waals surface area contributed by atoms with Crippen LogP contribution in [0.1, 0.15) is 30.3 Å². The van der Waals surface area contributed by atoms with Crippen LogP contribution in [0, 0.1) is 22.0 Å². The predicted octanol–water partition coefficient (Wildman–Crippen LogP) is 4.88. The number of aromatic nitrogens is 2. The standard InChI is InChI=1S/C16H15N3S2/c1-10(2)15(14-4-3-7-21-14)19-13-8-11(9-17)5-6-12(13)18-16(19)20/h3-8,10,15H,1-2H3,(H,18,20). The van der Waals surface area contributed by atoms with Gasteiger partial charge in [0.25, 0.3) is 0 Å². The molecular weight excluding hydrogens is 298 g/mol. The maximum atomic E-state index is 9.13. The number of rotatable bonds is 3. The van der Waals surface area contributed by atoms with Crippen molar-refractivity contribution in [3.05, 3.63) is 50.9 Å². The molecule has 0 fully saturated rings. The molecule has 21 heavy (non-hydrogen) atoms. The van der Waals surface area contributed by atoms with Crippen LogP contribution in [0.2, 0.25) is 0 Å². The SMILES string of the molecule is CC(C)C(c1cccs1)n1c(=S)[nH]c2ccc(C#N)cc21. The molecule has 0 saturated heterocycles. The molecule has 0 spiro atoms. The number of imidazole rings is 1. The highest BCUT2D eigenvalue weighted by Crippen LogP contribution is 2.33. The minimum absolute atomic E-state index is 0.181. The smallest absolute Gasteiger partial charge is 0.178 e. The first-order valence-corrected chi connectivity index (χ1v) is 8.08. The van der Waals surface area contributed by atoms with Gasteiger partial charge in [-0.2, -0.15) is 5.26 Å². The Kier molecular flexibility index (Phi) is 3.66. The molecule has 3 aromatic rings. The summed E-state index contributed by atoms with van der Waals surface area (Å²) in [6.07, 6.45) is 0. The second kappa shape index (κ2) is 5.47. The third-order valence-corrected chi connectivity index (χ3v) is 4.83. The molecule has 1 unspecified atom stereocenters. The van der Waals surface area contributed by atoms with Gasteiger partial charge in [-0.25, -0.2) is 0 Å². The van der Waals surface area contributed by atoms with Crippen molar-refractivity contribution in [2.24, 2.45) is 5.92 Å². The lowest BCUT2D eigenvalue weighted by atomic mass is 10.0. The Morgan fingerprint density at radius 2 is 2.14 bits per heavy atom. The van der Waals surface area contributed by atoms with Gasteiger partial charge in [-0.15, -0.1) is 11.3 Å². The quantitative estimate of drug-likeness (QED) is 0.701. The van der Waals surface area contributed by atoms with Crippen molar-refractivity contribution in [1.29, 1.82) is 5.26 Å². The van der Waals surface area contributed by atoms with Gasteiger partial charge in [-0.3, -0.25) is 0 Å². The van der Waals surface area contributed by atoms with Gasteiger partial charge in [0, 0.05) is 4.88 Å². The lowest BCUT2D eigenvalue weighted by molar-refractivity contribution is 0.449. The molecule has 0 radical (unpaired) electrons. The van der Waals surface area contributed by atoms with Crippen LogP contribution in [-0.4, -0.2) is 9.55 Å². The van der Waals surface area contributed by atoms with Gasteiger partial charge >= 0.3 is 0 Å². The Balaban J connectivity index is 2.29. The van der Waals surface area contributed by atoms with Gasteiger partial charge in [0.05, 0.1) is 28.7 Å². The van der Waals surface area contributed by atoms with E-state index in [0.29, 0.717) is 16.3 Å². The molecule has 3 rings (SSSR count). The Hall–Kier alpha value is -1.90. The van der Waals surface area contributed by atoms with Gasteiger partial charge in [-0.1, -0.05) is 19.9 Å². The Bertz CT molecular complexity index is 863. The molecule has 5 heteroatoms. The molecule has 2 heterocycles. The Morgan fingerprint density at radius 3 is 2.76 bits per heavy atom. The highest BCUT2D eigenvalue weighted by atomic mass is 32.1. The van der Waals surface area contributed by atoms with Crippen molar-refractivity contribution in [2.75, 3.05) is 0 Å². The first-order chi connectivity index (χ1) is 10.1. The largest absolute Gasteiger partial charge is 0.331 e. The number of nitrogens with zero attached hydrogens (tertiary/aromatic N) is 2. The molecule has 0 aliphatic carbocycles. The minimum Gasteiger partial charge on any atom is -0.331 e. The van der Waals surface area contributed by atoms with Crippen LogP contribution in [0.4, 0.5) is 0 Å². The second-order valence-electron chi connectivity index (χ2n) is 5.35. The number of hydrogen-bond donors (Lipinski definition) is 1. The monoisotopic (exact) mass is 313 g/mol. The van der Waals surface area contributed by atoms with E-state index in [1.807, 2.05) is 18.2 Å². The second-order valence-corrected chi connectivity index (χ2v) is 6.71. The molecule has 0 aliphatic heterocycles. The fraction of sp³-hybridized carbons (Fsp3) is 0.250. The summed E-state index contributed by atoms with van der Waals surface area (Å²) in [5.41, 5.74) is 2.62. The van der Waals surface area contributed by atoms with E-state index in [1.54, 1.807) is 11.3 Å². The summed E-state index contributed by atoms with van der Waals surface area (Å²) in [4.78, 5) is 4.53. The Labute approximate surface area is 132 Å². The summed E-state index contributed by atoms with van der Waals surface area (Å²) in [5.74, 6) is 0.403. The van der Waals surface area contributed by atoms with E-state index < -0.39 is 0 Å². The average molecular weight is 313 g/mol. The van der Waals surface area contributed by atoms with Crippen molar-refractivity contribution in [3.63, 3.8) is 0 Å². The number of H-pyrrole nitrogens is 1. The number of benzene rings is 1. The normalized spacial score (nSPS) is 12.7. The van der Waals surface area contributed by atoms with Crippen molar-refractivity contribution < 1.29 is 0 Å². The zero-order chi connectivity index (χ0) is 15.0. The van der Waals surface area contributed by atoms with E-state index >= 15 is 0 Å². The lowest BCUT2D eigenvalue weighted by Gasteiger charge is -2.22. The fourth-order valence-electron chi connectivity index (χ4n) is 2.68. The van der Waals surface area contributed by atoms with Gasteiger partial charge in [0.15, 0.2) is 4.77 Å². The van der Waals surface area contributed by atoms with Crippen LogP contribution in [0.25, 0.3) is 11.0 Å². The van der Waals surface area contributed by atoms with Crippen molar-refractivity contribution in [3.8, 4) is 6.07 Å². The van der Waals surface area contributed by atoms with E-state index in [9.17, 15) is 0 Å². The van der Waals surface area contributed by atoms with E-state index in [-0.39, 0.29) is 6.04 Å². The molecule has 0 amide bonds. The van der Waals surface area contributed by atoms with E-state index in [2.05, 4.69) is 47.0 Å². The lowest BCUT2D eigenvalue weighted by Crippen LogP contribution is -2.15. The fourth-order valence-corrected chi connectivity index (χ4v) is 3.99. The highest BCUT2D eigenvalue weighted by molar-refractivity contribution is 7.71. The number of hydrogen-bond acceptors (Lipinski definition) is 3. The van der Waals surface area contributed by atoms with Crippen LogP contribution < -0.4 is 0 Å². The van der Waals surface area contributed by atoms with Gasteiger partial charge in [0.2, 0.25) is 0 Å². The molecule has 3 nitrogen and oxygen atoms in total. The summed E-state index contributed by atoms with van der Waals surface area (Å²) in [7, 11) is 0. The molecular formula is C16H15N3S2. The molecule has 0 aliphatic rings. The summed E-state index contributed by atoms with van der Waals surface area (Å²) >= 11 is 7.27. The molecule has 1 aromatic carbocycles. The number of nitriles is 1. The molecule has 2 aromatic heterocycles. The molecule has 1 atom stereocenters. The van der Waals surface area contributed by atoms with E-state index in [1.165, 1.54) is 4.88 Å². The summed E-state index contributed by atoms with van der Waals surface area (Å²) < 4.78 is 2.84. The number of nitrogens with one attached hydrogen (secondary N) is 1. The third kappa shape index (κ3) is 2.41. The van der Waals surface area contributed by atoms with E-state index in [0.717, 1.165) is 11.0 Å².